The van der Waals surface area contributed by atoms with Crippen molar-refractivity contribution in [2.75, 3.05) is 6.54 Å². The van der Waals surface area contributed by atoms with Gasteiger partial charge < -0.3 is 10.4 Å². The Hall–Kier alpha value is -2.09. The van der Waals surface area contributed by atoms with Crippen LogP contribution in [0.3, 0.4) is 0 Å². The van der Waals surface area contributed by atoms with E-state index in [1.807, 2.05) is 13.8 Å². The molecule has 0 aromatic heterocycles. The van der Waals surface area contributed by atoms with Crippen molar-refractivity contribution in [1.29, 1.82) is 0 Å². The predicted octanol–water partition coefficient (Wildman–Crippen LogP) is 2.38. The molecule has 132 valence electrons. The van der Waals surface area contributed by atoms with Crippen molar-refractivity contribution in [2.45, 2.75) is 45.0 Å². The second-order valence-electron chi connectivity index (χ2n) is 6.24. The third-order valence-electron chi connectivity index (χ3n) is 4.22. The van der Waals surface area contributed by atoms with Crippen LogP contribution in [0.1, 0.15) is 30.0 Å². The number of alkyl halides is 3. The molecule has 3 amide bonds. The van der Waals surface area contributed by atoms with Gasteiger partial charge in [-0.3, -0.25) is 9.69 Å². The zero-order valence-corrected chi connectivity index (χ0v) is 13.6. The number of β-amino-alcohol motifs (C(OH)–C–C–N with tert-alkyl or cyclic N) is 1. The predicted molar refractivity (Wildman–Crippen MR) is 80.2 cm³/mol. The van der Waals surface area contributed by atoms with Crippen LogP contribution in [0.2, 0.25) is 0 Å². The third kappa shape index (κ3) is 3.53. The lowest BCUT2D eigenvalue weighted by molar-refractivity contribution is -0.156. The lowest BCUT2D eigenvalue weighted by Crippen LogP contribution is -2.42. The third-order valence-corrected chi connectivity index (χ3v) is 4.22. The van der Waals surface area contributed by atoms with Gasteiger partial charge in [-0.25, -0.2) is 4.79 Å². The second kappa shape index (κ2) is 6.08. The van der Waals surface area contributed by atoms with Crippen LogP contribution in [0, 0.1) is 13.8 Å². The minimum Gasteiger partial charge on any atom is -0.391 e. The number of hydrogen-bond donors (Lipinski definition) is 2. The first-order chi connectivity index (χ1) is 10.9. The van der Waals surface area contributed by atoms with E-state index >= 15 is 0 Å². The molecule has 1 aliphatic heterocycles. The highest BCUT2D eigenvalue weighted by Gasteiger charge is 2.49. The maximum atomic E-state index is 12.6. The molecule has 2 atom stereocenters. The normalized spacial score (nSPS) is 22.7. The van der Waals surface area contributed by atoms with Gasteiger partial charge in [0.2, 0.25) is 0 Å². The number of carbonyl (C=O) groups is 2. The Bertz CT molecular complexity index is 675. The van der Waals surface area contributed by atoms with E-state index in [4.69, 9.17) is 0 Å². The van der Waals surface area contributed by atoms with Gasteiger partial charge in [0.15, 0.2) is 0 Å². The van der Waals surface area contributed by atoms with Crippen LogP contribution < -0.4 is 5.32 Å². The van der Waals surface area contributed by atoms with Crippen molar-refractivity contribution in [3.8, 4) is 0 Å². The van der Waals surface area contributed by atoms with Crippen LogP contribution >= 0.6 is 0 Å². The Morgan fingerprint density at radius 1 is 1.25 bits per heavy atom. The summed E-state index contributed by atoms with van der Waals surface area (Å²) in [5.41, 5.74) is 1.10. The van der Waals surface area contributed by atoms with Crippen molar-refractivity contribution in [2.24, 2.45) is 0 Å². The van der Waals surface area contributed by atoms with E-state index in [2.05, 4.69) is 5.32 Å². The Labute approximate surface area is 137 Å². The maximum Gasteiger partial charge on any atom is 0.391 e. The molecule has 5 nitrogen and oxygen atoms in total. The van der Waals surface area contributed by atoms with Gasteiger partial charge in [-0.15, -0.1) is 0 Å². The van der Waals surface area contributed by atoms with Crippen molar-refractivity contribution >= 4 is 11.9 Å². The van der Waals surface area contributed by atoms with Crippen LogP contribution in [-0.2, 0) is 10.3 Å². The fourth-order valence-electron chi connectivity index (χ4n) is 2.65. The number of rotatable bonds is 4. The summed E-state index contributed by atoms with van der Waals surface area (Å²) in [6.45, 7) is 4.54. The van der Waals surface area contributed by atoms with E-state index in [9.17, 15) is 27.9 Å². The number of aliphatic hydroxyl groups is 1. The highest BCUT2D eigenvalue weighted by Crippen LogP contribution is 2.31. The fourth-order valence-corrected chi connectivity index (χ4v) is 2.65. The summed E-state index contributed by atoms with van der Waals surface area (Å²) < 4.78 is 36.9. The van der Waals surface area contributed by atoms with Gasteiger partial charge in [0.05, 0.1) is 19.1 Å². The number of nitrogens with zero attached hydrogens (tertiary/aromatic N) is 1. The Balaban J connectivity index is 2.22. The molecule has 1 aromatic rings. The van der Waals surface area contributed by atoms with Crippen molar-refractivity contribution in [1.82, 2.24) is 10.2 Å². The topological polar surface area (TPSA) is 69.6 Å². The minimum absolute atomic E-state index is 0.539. The number of aryl methyl sites for hydroxylation is 2. The minimum atomic E-state index is -4.57. The number of aliphatic hydroxyl groups excluding tert-OH is 1. The number of amides is 3. The molecule has 1 aromatic carbocycles. The van der Waals surface area contributed by atoms with Crippen LogP contribution in [0.5, 0.6) is 0 Å². The van der Waals surface area contributed by atoms with Gasteiger partial charge in [-0.05, 0) is 37.5 Å². The molecule has 1 fully saturated rings. The zero-order valence-electron chi connectivity index (χ0n) is 13.6. The molecule has 8 heteroatoms. The molecule has 2 rings (SSSR count). The van der Waals surface area contributed by atoms with E-state index in [0.29, 0.717) is 10.5 Å². The summed E-state index contributed by atoms with van der Waals surface area (Å²) in [5, 5.41) is 12.0. The molecule has 0 saturated carbocycles. The molecule has 1 aliphatic rings. The first-order valence-corrected chi connectivity index (χ1v) is 7.40. The van der Waals surface area contributed by atoms with Gasteiger partial charge in [-0.2, -0.15) is 13.2 Å². The van der Waals surface area contributed by atoms with Crippen LogP contribution in [0.4, 0.5) is 18.0 Å². The number of imide groups is 1. The molecular weight excluding hydrogens is 325 g/mol. The van der Waals surface area contributed by atoms with Gasteiger partial charge >= 0.3 is 12.2 Å². The average molecular weight is 344 g/mol. The van der Waals surface area contributed by atoms with Crippen molar-refractivity contribution < 1.29 is 27.9 Å². The first kappa shape index (κ1) is 18.3. The summed E-state index contributed by atoms with van der Waals surface area (Å²) in [5.74, 6) is -0.683. The molecular formula is C16H19F3N2O3. The van der Waals surface area contributed by atoms with Gasteiger partial charge in [0.1, 0.15) is 5.54 Å². The number of benzene rings is 1. The zero-order chi connectivity index (χ0) is 18.3. The number of urea groups is 1. The number of halogens is 3. The number of carbonyl (C=O) groups excluding carboxylic acids is 2. The Morgan fingerprint density at radius 3 is 2.42 bits per heavy atom. The molecule has 0 radical (unpaired) electrons. The summed E-state index contributed by atoms with van der Waals surface area (Å²) in [6, 6.07) is 4.43. The molecule has 1 saturated heterocycles. The van der Waals surface area contributed by atoms with Crippen LogP contribution in [-0.4, -0.2) is 40.8 Å². The van der Waals surface area contributed by atoms with E-state index in [1.54, 1.807) is 18.2 Å². The lowest BCUT2D eigenvalue weighted by atomic mass is 9.89. The molecule has 0 aliphatic carbocycles. The summed E-state index contributed by atoms with van der Waals surface area (Å²) in [7, 11) is 0. The standard InChI is InChI=1S/C16H19F3N2O3/c1-9-4-5-11(6-10(9)2)15(3)13(23)21(14(24)20-15)8-12(22)7-16(17,18)19/h4-6,12,22H,7-8H2,1-3H3,(H,20,24)/t12-,15-/m1/s1. The second-order valence-corrected chi connectivity index (χ2v) is 6.24. The fraction of sp³-hybridized carbons (Fsp3) is 0.500. The lowest BCUT2D eigenvalue weighted by Gasteiger charge is -2.24. The Morgan fingerprint density at radius 2 is 1.88 bits per heavy atom. The molecule has 2 N–H and O–H groups in total. The summed E-state index contributed by atoms with van der Waals surface area (Å²) >= 11 is 0. The summed E-state index contributed by atoms with van der Waals surface area (Å²) in [4.78, 5) is 25.2. The summed E-state index contributed by atoms with van der Waals surface area (Å²) in [6.07, 6.45) is -7.91. The first-order valence-electron chi connectivity index (χ1n) is 7.40. The highest BCUT2D eigenvalue weighted by atomic mass is 19.4. The van der Waals surface area contributed by atoms with Crippen molar-refractivity contribution in [3.05, 3.63) is 34.9 Å². The molecule has 1 heterocycles. The monoisotopic (exact) mass is 344 g/mol. The molecule has 0 bridgehead atoms. The van der Waals surface area contributed by atoms with Crippen LogP contribution in [0.15, 0.2) is 18.2 Å². The maximum absolute atomic E-state index is 12.6. The van der Waals surface area contributed by atoms with Gasteiger partial charge in [0, 0.05) is 0 Å². The SMILES string of the molecule is Cc1ccc([C@@]2(C)NC(=O)N(C[C@H](O)CC(F)(F)F)C2=O)cc1C. The molecule has 0 unspecified atom stereocenters. The van der Waals surface area contributed by atoms with Crippen molar-refractivity contribution in [3.63, 3.8) is 0 Å². The van der Waals surface area contributed by atoms with E-state index in [0.717, 1.165) is 11.1 Å². The van der Waals surface area contributed by atoms with Crippen LogP contribution in [0.25, 0.3) is 0 Å². The highest BCUT2D eigenvalue weighted by molar-refractivity contribution is 6.07. The van der Waals surface area contributed by atoms with E-state index < -0.39 is 42.7 Å². The Kier molecular flexibility index (Phi) is 4.63. The van der Waals surface area contributed by atoms with E-state index in [-0.39, 0.29) is 0 Å². The van der Waals surface area contributed by atoms with Gasteiger partial charge in [0.25, 0.3) is 5.91 Å². The smallest absolute Gasteiger partial charge is 0.391 e. The number of hydrogen-bond acceptors (Lipinski definition) is 3. The largest absolute Gasteiger partial charge is 0.391 e. The quantitative estimate of drug-likeness (QED) is 0.824. The molecule has 24 heavy (non-hydrogen) atoms. The van der Waals surface area contributed by atoms with Gasteiger partial charge in [-0.1, -0.05) is 18.2 Å². The molecule has 0 spiro atoms. The van der Waals surface area contributed by atoms with E-state index in [1.165, 1.54) is 6.92 Å². The number of nitrogens with one attached hydrogen (secondary N) is 1. The average Bonchev–Trinajstić information content (AvgIpc) is 2.64.